The first-order chi connectivity index (χ1) is 12.2. The second kappa shape index (κ2) is 6.51. The molecule has 3 aromatic rings. The summed E-state index contributed by atoms with van der Waals surface area (Å²) in [5.74, 6) is 1.52. The molecule has 0 aliphatic carbocycles. The third-order valence-corrected chi connectivity index (χ3v) is 4.57. The molecule has 0 saturated carbocycles. The highest BCUT2D eigenvalue weighted by atomic mass is 16.7. The van der Waals surface area contributed by atoms with Crippen molar-refractivity contribution in [2.75, 3.05) is 6.79 Å². The van der Waals surface area contributed by atoms with Crippen LogP contribution in [0.25, 0.3) is 10.9 Å². The minimum Gasteiger partial charge on any atom is -0.454 e. The van der Waals surface area contributed by atoms with E-state index in [1.54, 1.807) is 0 Å². The monoisotopic (exact) mass is 336 g/mol. The molecule has 1 aliphatic rings. The zero-order chi connectivity index (χ0) is 17.2. The van der Waals surface area contributed by atoms with Gasteiger partial charge in [0.1, 0.15) is 0 Å². The Labute approximate surface area is 146 Å². The van der Waals surface area contributed by atoms with Crippen LogP contribution in [0.4, 0.5) is 0 Å². The first kappa shape index (κ1) is 15.6. The van der Waals surface area contributed by atoms with Crippen molar-refractivity contribution in [3.8, 4) is 11.5 Å². The zero-order valence-electron chi connectivity index (χ0n) is 14.0. The smallest absolute Gasteiger partial charge is 0.231 e. The van der Waals surface area contributed by atoms with Crippen molar-refractivity contribution in [2.24, 2.45) is 0 Å². The van der Waals surface area contributed by atoms with Crippen LogP contribution in [0.15, 0.2) is 48.7 Å². The summed E-state index contributed by atoms with van der Waals surface area (Å²) >= 11 is 0. The van der Waals surface area contributed by atoms with Crippen LogP contribution in [-0.4, -0.2) is 17.7 Å². The van der Waals surface area contributed by atoms with Crippen molar-refractivity contribution in [3.05, 3.63) is 59.8 Å². The van der Waals surface area contributed by atoms with Gasteiger partial charge < -0.3 is 19.8 Å². The van der Waals surface area contributed by atoms with E-state index in [1.165, 1.54) is 10.9 Å². The number of aryl methyl sites for hydroxylation is 1. The van der Waals surface area contributed by atoms with Crippen molar-refractivity contribution in [3.63, 3.8) is 0 Å². The van der Waals surface area contributed by atoms with Gasteiger partial charge in [-0.05, 0) is 42.7 Å². The summed E-state index contributed by atoms with van der Waals surface area (Å²) in [4.78, 5) is 15.6. The van der Waals surface area contributed by atoms with Crippen LogP contribution in [-0.2, 0) is 11.2 Å². The number of carbonyl (C=O) groups excluding carboxylic acids is 1. The Morgan fingerprint density at radius 2 is 2.04 bits per heavy atom. The molecule has 5 nitrogen and oxygen atoms in total. The number of aromatic nitrogens is 1. The molecule has 2 aromatic carbocycles. The van der Waals surface area contributed by atoms with Crippen LogP contribution in [0.2, 0.25) is 0 Å². The van der Waals surface area contributed by atoms with E-state index in [2.05, 4.69) is 16.4 Å². The number of aromatic amines is 1. The number of para-hydroxylation sites is 1. The molecule has 5 heteroatoms. The molecule has 0 radical (unpaired) electrons. The number of rotatable bonds is 5. The predicted octanol–water partition coefficient (Wildman–Crippen LogP) is 3.71. The molecule has 0 saturated heterocycles. The number of fused-ring (bicyclic) bond motifs is 2. The standard InChI is InChI=1S/C20H20N2O3/c1-13(14-6-8-18-19(10-14)25-12-24-18)22-20(23)9-7-15-11-21-17-5-3-2-4-16(15)17/h2-6,8,10-11,13,21H,7,9,12H2,1H3,(H,22,23)/t13-/m0/s1. The molecule has 2 N–H and O–H groups in total. The van der Waals surface area contributed by atoms with Gasteiger partial charge in [-0.1, -0.05) is 24.3 Å². The maximum absolute atomic E-state index is 12.3. The highest BCUT2D eigenvalue weighted by Crippen LogP contribution is 2.34. The van der Waals surface area contributed by atoms with Gasteiger partial charge in [0.15, 0.2) is 11.5 Å². The Morgan fingerprint density at radius 1 is 1.20 bits per heavy atom. The molecule has 128 valence electrons. The Balaban J connectivity index is 1.37. The van der Waals surface area contributed by atoms with E-state index in [0.717, 1.165) is 22.6 Å². The van der Waals surface area contributed by atoms with Crippen LogP contribution in [0.1, 0.15) is 30.5 Å². The number of hydrogen-bond acceptors (Lipinski definition) is 3. The van der Waals surface area contributed by atoms with Crippen LogP contribution in [0.5, 0.6) is 11.5 Å². The van der Waals surface area contributed by atoms with Gasteiger partial charge >= 0.3 is 0 Å². The summed E-state index contributed by atoms with van der Waals surface area (Å²) in [6.07, 6.45) is 3.15. The van der Waals surface area contributed by atoms with Gasteiger partial charge in [-0.2, -0.15) is 0 Å². The van der Waals surface area contributed by atoms with Gasteiger partial charge in [0.25, 0.3) is 0 Å². The summed E-state index contributed by atoms with van der Waals surface area (Å²) in [6.45, 7) is 2.23. The summed E-state index contributed by atoms with van der Waals surface area (Å²) < 4.78 is 10.7. The molecule has 1 aromatic heterocycles. The quantitative estimate of drug-likeness (QED) is 0.746. The van der Waals surface area contributed by atoms with Crippen molar-refractivity contribution < 1.29 is 14.3 Å². The number of amides is 1. The number of benzene rings is 2. The molecule has 25 heavy (non-hydrogen) atoms. The topological polar surface area (TPSA) is 63.4 Å². The molecule has 1 atom stereocenters. The predicted molar refractivity (Wildman–Crippen MR) is 95.7 cm³/mol. The molecular formula is C20H20N2O3. The lowest BCUT2D eigenvalue weighted by Gasteiger charge is -2.14. The second-order valence-electron chi connectivity index (χ2n) is 6.26. The maximum atomic E-state index is 12.3. The first-order valence-corrected chi connectivity index (χ1v) is 8.44. The minimum absolute atomic E-state index is 0.0375. The number of nitrogens with one attached hydrogen (secondary N) is 2. The Morgan fingerprint density at radius 3 is 2.96 bits per heavy atom. The summed E-state index contributed by atoms with van der Waals surface area (Å²) in [5.41, 5.74) is 3.28. The van der Waals surface area contributed by atoms with Crippen LogP contribution in [0, 0.1) is 0 Å². The second-order valence-corrected chi connectivity index (χ2v) is 6.26. The molecule has 0 fully saturated rings. The fourth-order valence-corrected chi connectivity index (χ4v) is 3.17. The lowest BCUT2D eigenvalue weighted by atomic mass is 10.1. The Bertz CT molecular complexity index is 916. The van der Waals surface area contributed by atoms with Gasteiger partial charge in [-0.15, -0.1) is 0 Å². The molecule has 0 bridgehead atoms. The molecule has 1 amide bonds. The third-order valence-electron chi connectivity index (χ3n) is 4.57. The highest BCUT2D eigenvalue weighted by molar-refractivity contribution is 5.84. The third kappa shape index (κ3) is 3.18. The average molecular weight is 336 g/mol. The fourth-order valence-electron chi connectivity index (χ4n) is 3.17. The summed E-state index contributed by atoms with van der Waals surface area (Å²) in [5, 5.41) is 4.23. The largest absolute Gasteiger partial charge is 0.454 e. The number of H-pyrrole nitrogens is 1. The zero-order valence-corrected chi connectivity index (χ0v) is 14.0. The number of hydrogen-bond donors (Lipinski definition) is 2. The number of carbonyl (C=O) groups is 1. The lowest BCUT2D eigenvalue weighted by molar-refractivity contribution is -0.121. The van der Waals surface area contributed by atoms with Crippen molar-refractivity contribution in [1.82, 2.24) is 10.3 Å². The normalized spacial score (nSPS) is 13.8. The Kier molecular flexibility index (Phi) is 4.06. The van der Waals surface area contributed by atoms with Gasteiger partial charge in [0.05, 0.1) is 6.04 Å². The summed E-state index contributed by atoms with van der Waals surface area (Å²) in [6, 6.07) is 13.8. The SMILES string of the molecule is C[C@H](NC(=O)CCc1c[nH]c2ccccc12)c1ccc2c(c1)OCO2. The van der Waals surface area contributed by atoms with E-state index >= 15 is 0 Å². The Hall–Kier alpha value is -2.95. The molecule has 1 aliphatic heterocycles. The van der Waals surface area contributed by atoms with E-state index in [9.17, 15) is 4.79 Å². The molecule has 2 heterocycles. The fraction of sp³-hybridized carbons (Fsp3) is 0.250. The highest BCUT2D eigenvalue weighted by Gasteiger charge is 2.17. The van der Waals surface area contributed by atoms with Gasteiger partial charge in [-0.25, -0.2) is 0 Å². The van der Waals surface area contributed by atoms with Gasteiger partial charge in [0, 0.05) is 23.5 Å². The molecule has 0 spiro atoms. The summed E-state index contributed by atoms with van der Waals surface area (Å²) in [7, 11) is 0. The van der Waals surface area contributed by atoms with Crippen LogP contribution >= 0.6 is 0 Å². The lowest BCUT2D eigenvalue weighted by Crippen LogP contribution is -2.26. The van der Waals surface area contributed by atoms with E-state index in [1.807, 2.05) is 49.5 Å². The average Bonchev–Trinajstić information content (AvgIpc) is 3.26. The van der Waals surface area contributed by atoms with Gasteiger partial charge in [-0.3, -0.25) is 4.79 Å². The first-order valence-electron chi connectivity index (χ1n) is 8.44. The van der Waals surface area contributed by atoms with Crippen molar-refractivity contribution in [2.45, 2.75) is 25.8 Å². The van der Waals surface area contributed by atoms with Gasteiger partial charge in [0.2, 0.25) is 12.7 Å². The van der Waals surface area contributed by atoms with Crippen LogP contribution in [0.3, 0.4) is 0 Å². The molecule has 4 rings (SSSR count). The maximum Gasteiger partial charge on any atom is 0.231 e. The molecular weight excluding hydrogens is 316 g/mol. The van der Waals surface area contributed by atoms with Crippen molar-refractivity contribution >= 4 is 16.8 Å². The van der Waals surface area contributed by atoms with E-state index in [0.29, 0.717) is 12.8 Å². The van der Waals surface area contributed by atoms with E-state index < -0.39 is 0 Å². The van der Waals surface area contributed by atoms with Crippen molar-refractivity contribution in [1.29, 1.82) is 0 Å². The van der Waals surface area contributed by atoms with E-state index in [-0.39, 0.29) is 18.7 Å². The van der Waals surface area contributed by atoms with Crippen LogP contribution < -0.4 is 14.8 Å². The number of ether oxygens (including phenoxy) is 2. The van der Waals surface area contributed by atoms with E-state index in [4.69, 9.17) is 9.47 Å². The molecule has 0 unspecified atom stereocenters. The minimum atomic E-state index is -0.0787.